The van der Waals surface area contributed by atoms with E-state index in [1.807, 2.05) is 31.2 Å². The fourth-order valence-electron chi connectivity index (χ4n) is 3.36. The number of nitrogens with zero attached hydrogens (tertiary/aromatic N) is 1. The molecule has 28 heavy (non-hydrogen) atoms. The van der Waals surface area contributed by atoms with E-state index in [1.165, 1.54) is 0 Å². The normalized spacial score (nSPS) is 17.5. The average Bonchev–Trinajstić information content (AvgIpc) is 2.67. The van der Waals surface area contributed by atoms with Crippen LogP contribution >= 0.6 is 0 Å². The summed E-state index contributed by atoms with van der Waals surface area (Å²) in [6.45, 7) is 8.84. The molecule has 1 aliphatic heterocycles. The van der Waals surface area contributed by atoms with Crippen LogP contribution in [0, 0.1) is 0 Å². The number of hydrogen-bond acceptors (Lipinski definition) is 4. The second-order valence-electron chi connectivity index (χ2n) is 7.80. The number of rotatable bonds is 9. The van der Waals surface area contributed by atoms with Crippen molar-refractivity contribution in [3.8, 4) is 5.75 Å². The number of benzene rings is 1. The van der Waals surface area contributed by atoms with E-state index in [-0.39, 0.29) is 17.7 Å². The van der Waals surface area contributed by atoms with Crippen LogP contribution in [-0.4, -0.2) is 49.6 Å². The van der Waals surface area contributed by atoms with Crippen molar-refractivity contribution < 1.29 is 17.9 Å². The van der Waals surface area contributed by atoms with Gasteiger partial charge in [-0.3, -0.25) is 4.79 Å². The van der Waals surface area contributed by atoms with E-state index in [0.29, 0.717) is 38.3 Å². The van der Waals surface area contributed by atoms with E-state index < -0.39 is 16.1 Å². The van der Waals surface area contributed by atoms with E-state index in [1.54, 1.807) is 11.2 Å². The van der Waals surface area contributed by atoms with Gasteiger partial charge in [-0.2, -0.15) is 0 Å². The summed E-state index contributed by atoms with van der Waals surface area (Å²) < 4.78 is 32.1. The average molecular weight is 411 g/mol. The minimum Gasteiger partial charge on any atom is -0.481 e. The highest BCUT2D eigenvalue weighted by Gasteiger charge is 2.29. The fourth-order valence-corrected chi connectivity index (χ4v) is 5.04. The lowest BCUT2D eigenvalue weighted by molar-refractivity contribution is -0.128. The third kappa shape index (κ3) is 6.21. The Morgan fingerprint density at radius 3 is 2.46 bits per heavy atom. The zero-order chi connectivity index (χ0) is 20.7. The first-order valence-corrected chi connectivity index (χ1v) is 11.9. The van der Waals surface area contributed by atoms with Crippen molar-refractivity contribution >= 4 is 15.9 Å². The number of nitrogens with one attached hydrogen (secondary N) is 1. The van der Waals surface area contributed by atoms with Gasteiger partial charge in [0.15, 0.2) is 6.10 Å². The minimum absolute atomic E-state index is 0.0171. The topological polar surface area (TPSA) is 75.7 Å². The Balaban J connectivity index is 1.86. The molecule has 1 aromatic carbocycles. The van der Waals surface area contributed by atoms with Crippen LogP contribution < -0.4 is 10.1 Å². The van der Waals surface area contributed by atoms with Crippen LogP contribution in [0.2, 0.25) is 0 Å². The van der Waals surface area contributed by atoms with Crippen molar-refractivity contribution in [2.24, 2.45) is 0 Å². The van der Waals surface area contributed by atoms with Crippen LogP contribution in [0.5, 0.6) is 5.75 Å². The fraction of sp³-hybridized carbons (Fsp3) is 0.667. The Morgan fingerprint density at radius 2 is 1.86 bits per heavy atom. The predicted octanol–water partition coefficient (Wildman–Crippen LogP) is 3.29. The zero-order valence-electron chi connectivity index (χ0n) is 17.5. The number of hydrogen-bond donors (Lipinski definition) is 1. The van der Waals surface area contributed by atoms with Crippen molar-refractivity contribution in [3.63, 3.8) is 0 Å². The second-order valence-corrected chi connectivity index (χ2v) is 9.89. The molecular weight excluding hydrogens is 376 g/mol. The highest BCUT2D eigenvalue weighted by molar-refractivity contribution is 7.89. The highest BCUT2D eigenvalue weighted by Crippen LogP contribution is 2.26. The molecule has 1 unspecified atom stereocenters. The molecule has 1 atom stereocenters. The van der Waals surface area contributed by atoms with Gasteiger partial charge in [0.1, 0.15) is 5.75 Å². The Hall–Kier alpha value is -1.60. The van der Waals surface area contributed by atoms with E-state index in [2.05, 4.69) is 19.2 Å². The molecule has 0 aromatic heterocycles. The van der Waals surface area contributed by atoms with Gasteiger partial charge >= 0.3 is 0 Å². The van der Waals surface area contributed by atoms with Crippen molar-refractivity contribution in [3.05, 3.63) is 29.8 Å². The largest absolute Gasteiger partial charge is 0.481 e. The summed E-state index contributed by atoms with van der Waals surface area (Å²) >= 11 is 0. The zero-order valence-corrected chi connectivity index (χ0v) is 18.3. The smallest absolute Gasteiger partial charge is 0.260 e. The van der Waals surface area contributed by atoms with Crippen LogP contribution in [0.15, 0.2) is 24.3 Å². The maximum absolute atomic E-state index is 12.5. The first-order chi connectivity index (χ1) is 13.2. The van der Waals surface area contributed by atoms with E-state index >= 15 is 0 Å². The summed E-state index contributed by atoms with van der Waals surface area (Å²) in [4.78, 5) is 12.5. The molecule has 1 N–H and O–H groups in total. The van der Waals surface area contributed by atoms with Crippen LogP contribution in [0.25, 0.3) is 0 Å². The molecule has 0 saturated carbocycles. The number of para-hydroxylation sites is 1. The highest BCUT2D eigenvalue weighted by atomic mass is 32.2. The Morgan fingerprint density at radius 1 is 1.21 bits per heavy atom. The summed E-state index contributed by atoms with van der Waals surface area (Å²) in [7, 11) is -3.17. The van der Waals surface area contributed by atoms with Crippen molar-refractivity contribution in [2.75, 3.05) is 18.8 Å². The molecule has 6 nitrogen and oxygen atoms in total. The Kier molecular flexibility index (Phi) is 8.31. The summed E-state index contributed by atoms with van der Waals surface area (Å²) in [6, 6.07) is 7.75. The lowest BCUT2D eigenvalue weighted by Crippen LogP contribution is -2.49. The molecule has 0 aliphatic carbocycles. The van der Waals surface area contributed by atoms with E-state index in [4.69, 9.17) is 4.74 Å². The number of amides is 1. The van der Waals surface area contributed by atoms with Gasteiger partial charge in [-0.15, -0.1) is 0 Å². The Labute approximate surface area is 169 Å². The van der Waals surface area contributed by atoms with Gasteiger partial charge in [0.2, 0.25) is 10.0 Å². The van der Waals surface area contributed by atoms with Gasteiger partial charge in [0.25, 0.3) is 5.91 Å². The molecule has 7 heteroatoms. The number of ether oxygens (including phenoxy) is 1. The number of carbonyl (C=O) groups is 1. The van der Waals surface area contributed by atoms with Crippen LogP contribution in [-0.2, 0) is 14.8 Å². The number of unbranched alkanes of at least 4 members (excludes halogenated alkanes) is 1. The van der Waals surface area contributed by atoms with Crippen LogP contribution in [0.1, 0.15) is 64.9 Å². The molecule has 1 aromatic rings. The first-order valence-electron chi connectivity index (χ1n) is 10.3. The number of sulfonamides is 1. The lowest BCUT2D eigenvalue weighted by atomic mass is 10.0. The van der Waals surface area contributed by atoms with Gasteiger partial charge < -0.3 is 10.1 Å². The maximum Gasteiger partial charge on any atom is 0.260 e. The first kappa shape index (κ1) is 22.7. The second kappa shape index (κ2) is 10.3. The van der Waals surface area contributed by atoms with Crippen LogP contribution in [0.3, 0.4) is 0 Å². The van der Waals surface area contributed by atoms with E-state index in [0.717, 1.165) is 17.7 Å². The summed E-state index contributed by atoms with van der Waals surface area (Å²) in [5.74, 6) is 1.09. The molecular formula is C21H34N2O4S. The molecule has 0 spiro atoms. The quantitative estimate of drug-likeness (QED) is 0.678. The maximum atomic E-state index is 12.5. The van der Waals surface area contributed by atoms with Crippen molar-refractivity contribution in [1.82, 2.24) is 9.62 Å². The molecule has 0 radical (unpaired) electrons. The summed E-state index contributed by atoms with van der Waals surface area (Å²) in [5.41, 5.74) is 1.08. The number of carbonyl (C=O) groups excluding carboxylic acids is 1. The molecule has 2 rings (SSSR count). The molecule has 1 saturated heterocycles. The van der Waals surface area contributed by atoms with Gasteiger partial charge in [-0.05, 0) is 43.7 Å². The lowest BCUT2D eigenvalue weighted by Gasteiger charge is -2.32. The predicted molar refractivity (Wildman–Crippen MR) is 112 cm³/mol. The molecule has 1 heterocycles. The van der Waals surface area contributed by atoms with Crippen LogP contribution in [0.4, 0.5) is 0 Å². The van der Waals surface area contributed by atoms with Gasteiger partial charge in [0.05, 0.1) is 5.75 Å². The SMILES string of the molecule is CCCCS(=O)(=O)N1CCC(NC(=O)C(C)Oc2ccccc2C(C)C)CC1. The van der Waals surface area contributed by atoms with Gasteiger partial charge in [-0.1, -0.05) is 45.4 Å². The molecule has 1 fully saturated rings. The number of piperidine rings is 1. The Bertz CT molecular complexity index is 741. The molecule has 0 bridgehead atoms. The third-order valence-electron chi connectivity index (χ3n) is 5.16. The molecule has 158 valence electrons. The monoisotopic (exact) mass is 410 g/mol. The molecule has 1 aliphatic rings. The van der Waals surface area contributed by atoms with Gasteiger partial charge in [0, 0.05) is 19.1 Å². The molecule has 1 amide bonds. The minimum atomic E-state index is -3.17. The van der Waals surface area contributed by atoms with Crippen molar-refractivity contribution in [2.45, 2.75) is 71.4 Å². The van der Waals surface area contributed by atoms with E-state index in [9.17, 15) is 13.2 Å². The summed E-state index contributed by atoms with van der Waals surface area (Å²) in [5, 5.41) is 3.02. The standard InChI is InChI=1S/C21H34N2O4S/c1-5-6-15-28(25,26)23-13-11-18(12-14-23)22-21(24)17(4)27-20-10-8-7-9-19(20)16(2)3/h7-10,16-18H,5-6,11-15H2,1-4H3,(H,22,24). The van der Waals surface area contributed by atoms with Crippen molar-refractivity contribution in [1.29, 1.82) is 0 Å². The third-order valence-corrected chi connectivity index (χ3v) is 7.12. The van der Waals surface area contributed by atoms with Gasteiger partial charge in [-0.25, -0.2) is 12.7 Å². The summed E-state index contributed by atoms with van der Waals surface area (Å²) in [6.07, 6.45) is 2.21.